The van der Waals surface area contributed by atoms with Gasteiger partial charge in [-0.3, -0.25) is 0 Å². The topological polar surface area (TPSA) is 38.0 Å². The molecule has 0 aliphatic carbocycles. The Morgan fingerprint density at radius 1 is 1.00 bits per heavy atom. The molecule has 0 saturated heterocycles. The summed E-state index contributed by atoms with van der Waals surface area (Å²) in [4.78, 5) is 0. The Hall–Kier alpha value is -1.80. The molecule has 3 N–H and O–H groups in total. The van der Waals surface area contributed by atoms with Crippen LogP contribution in [0.15, 0.2) is 48.5 Å². The van der Waals surface area contributed by atoms with E-state index in [0.29, 0.717) is 6.54 Å². The van der Waals surface area contributed by atoms with Crippen LogP contribution >= 0.6 is 0 Å². The highest BCUT2D eigenvalue weighted by Crippen LogP contribution is 2.17. The van der Waals surface area contributed by atoms with Crippen LogP contribution < -0.4 is 11.1 Å². The van der Waals surface area contributed by atoms with Crippen molar-refractivity contribution in [1.29, 1.82) is 0 Å². The van der Waals surface area contributed by atoms with Crippen molar-refractivity contribution in [1.82, 2.24) is 0 Å². The third-order valence-electron chi connectivity index (χ3n) is 2.50. The lowest BCUT2D eigenvalue weighted by Gasteiger charge is -2.07. The Bertz CT molecular complexity index is 460. The van der Waals surface area contributed by atoms with Crippen LogP contribution in [0.3, 0.4) is 0 Å². The van der Waals surface area contributed by atoms with Crippen LogP contribution in [0.4, 0.5) is 11.4 Å². The summed E-state index contributed by atoms with van der Waals surface area (Å²) in [7, 11) is 0. The minimum absolute atomic E-state index is 0.573. The molecular weight excluding hydrogens is 196 g/mol. The Kier molecular flexibility index (Phi) is 3.22. The monoisotopic (exact) mass is 212 g/mol. The second kappa shape index (κ2) is 4.81. The van der Waals surface area contributed by atoms with E-state index in [1.807, 2.05) is 18.2 Å². The fourth-order valence-electron chi connectivity index (χ4n) is 1.58. The predicted molar refractivity (Wildman–Crippen MR) is 68.8 cm³/mol. The van der Waals surface area contributed by atoms with E-state index >= 15 is 0 Å². The second-order valence-electron chi connectivity index (χ2n) is 3.90. The maximum Gasteiger partial charge on any atom is 0.0387 e. The summed E-state index contributed by atoms with van der Waals surface area (Å²) in [5.41, 5.74) is 10.2. The summed E-state index contributed by atoms with van der Waals surface area (Å²) >= 11 is 0. The van der Waals surface area contributed by atoms with E-state index in [9.17, 15) is 0 Å². The summed E-state index contributed by atoms with van der Waals surface area (Å²) in [6, 6.07) is 16.5. The van der Waals surface area contributed by atoms with Crippen LogP contribution in [-0.2, 0) is 6.54 Å². The standard InChI is InChI=1S/C14H16N2/c1-11-5-7-13(8-6-11)16-14-4-2-3-12(9-14)10-15/h2-9,16H,10,15H2,1H3. The van der Waals surface area contributed by atoms with Gasteiger partial charge in [0, 0.05) is 17.9 Å². The number of nitrogens with two attached hydrogens (primary N) is 1. The average molecular weight is 212 g/mol. The Labute approximate surface area is 96.1 Å². The molecule has 0 aromatic heterocycles. The van der Waals surface area contributed by atoms with Crippen molar-refractivity contribution in [2.75, 3.05) is 5.32 Å². The SMILES string of the molecule is Cc1ccc(Nc2cccc(CN)c2)cc1. The molecule has 0 atom stereocenters. The molecule has 0 heterocycles. The number of hydrogen-bond acceptors (Lipinski definition) is 2. The van der Waals surface area contributed by atoms with Crippen molar-refractivity contribution >= 4 is 11.4 Å². The Balaban J connectivity index is 2.16. The molecule has 82 valence electrons. The molecule has 16 heavy (non-hydrogen) atoms. The number of nitrogens with one attached hydrogen (secondary N) is 1. The molecule has 0 fully saturated rings. The van der Waals surface area contributed by atoms with Crippen LogP contribution in [0.25, 0.3) is 0 Å². The maximum atomic E-state index is 5.60. The lowest BCUT2D eigenvalue weighted by molar-refractivity contribution is 1.07. The van der Waals surface area contributed by atoms with Crippen LogP contribution in [0.1, 0.15) is 11.1 Å². The van der Waals surface area contributed by atoms with Crippen LogP contribution in [0.2, 0.25) is 0 Å². The average Bonchev–Trinajstić information content (AvgIpc) is 2.32. The first-order valence-electron chi connectivity index (χ1n) is 5.40. The van der Waals surface area contributed by atoms with Crippen molar-refractivity contribution in [3.8, 4) is 0 Å². The summed E-state index contributed by atoms with van der Waals surface area (Å²) < 4.78 is 0. The Morgan fingerprint density at radius 3 is 2.44 bits per heavy atom. The first kappa shape index (κ1) is 10.7. The van der Waals surface area contributed by atoms with E-state index in [-0.39, 0.29) is 0 Å². The van der Waals surface area contributed by atoms with Gasteiger partial charge in [-0.15, -0.1) is 0 Å². The zero-order chi connectivity index (χ0) is 11.4. The number of anilines is 2. The molecule has 2 aromatic rings. The molecule has 2 nitrogen and oxygen atoms in total. The van der Waals surface area contributed by atoms with Gasteiger partial charge in [0.2, 0.25) is 0 Å². The molecule has 0 unspecified atom stereocenters. The summed E-state index contributed by atoms with van der Waals surface area (Å²) in [6.07, 6.45) is 0. The smallest absolute Gasteiger partial charge is 0.0387 e. The first-order valence-corrected chi connectivity index (χ1v) is 5.40. The van der Waals surface area contributed by atoms with E-state index < -0.39 is 0 Å². The fourth-order valence-corrected chi connectivity index (χ4v) is 1.58. The normalized spacial score (nSPS) is 10.1. The number of benzene rings is 2. The summed E-state index contributed by atoms with van der Waals surface area (Å²) in [5.74, 6) is 0. The van der Waals surface area contributed by atoms with Crippen LogP contribution in [0.5, 0.6) is 0 Å². The van der Waals surface area contributed by atoms with Crippen molar-refractivity contribution < 1.29 is 0 Å². The first-order chi connectivity index (χ1) is 7.78. The minimum atomic E-state index is 0.573. The zero-order valence-electron chi connectivity index (χ0n) is 9.40. The summed E-state index contributed by atoms with van der Waals surface area (Å²) in [5, 5.41) is 3.35. The van der Waals surface area contributed by atoms with Gasteiger partial charge in [-0.25, -0.2) is 0 Å². The van der Waals surface area contributed by atoms with E-state index in [2.05, 4.69) is 42.6 Å². The van der Waals surface area contributed by atoms with Gasteiger partial charge < -0.3 is 11.1 Å². The molecule has 0 aliphatic heterocycles. The highest BCUT2D eigenvalue weighted by atomic mass is 14.9. The van der Waals surface area contributed by atoms with Crippen molar-refractivity contribution in [3.63, 3.8) is 0 Å². The highest BCUT2D eigenvalue weighted by Gasteiger charge is 1.95. The Morgan fingerprint density at radius 2 is 1.75 bits per heavy atom. The van der Waals surface area contributed by atoms with Crippen molar-refractivity contribution in [2.24, 2.45) is 5.73 Å². The van der Waals surface area contributed by atoms with Crippen LogP contribution in [-0.4, -0.2) is 0 Å². The summed E-state index contributed by atoms with van der Waals surface area (Å²) in [6.45, 7) is 2.66. The minimum Gasteiger partial charge on any atom is -0.356 e. The van der Waals surface area contributed by atoms with Gasteiger partial charge in [0.05, 0.1) is 0 Å². The maximum absolute atomic E-state index is 5.60. The van der Waals surface area contributed by atoms with Gasteiger partial charge >= 0.3 is 0 Å². The van der Waals surface area contributed by atoms with Crippen molar-refractivity contribution in [3.05, 3.63) is 59.7 Å². The van der Waals surface area contributed by atoms with Gasteiger partial charge in [0.25, 0.3) is 0 Å². The van der Waals surface area contributed by atoms with Gasteiger partial charge in [-0.05, 0) is 36.8 Å². The molecular formula is C14H16N2. The predicted octanol–water partition coefficient (Wildman–Crippen LogP) is 3.20. The van der Waals surface area contributed by atoms with Gasteiger partial charge in [0.15, 0.2) is 0 Å². The quantitative estimate of drug-likeness (QED) is 0.820. The second-order valence-corrected chi connectivity index (χ2v) is 3.90. The lowest BCUT2D eigenvalue weighted by atomic mass is 10.2. The molecule has 0 saturated carbocycles. The van der Waals surface area contributed by atoms with E-state index in [4.69, 9.17) is 5.73 Å². The van der Waals surface area contributed by atoms with E-state index in [0.717, 1.165) is 16.9 Å². The molecule has 2 rings (SSSR count). The van der Waals surface area contributed by atoms with Gasteiger partial charge in [-0.1, -0.05) is 29.8 Å². The third kappa shape index (κ3) is 2.61. The highest BCUT2D eigenvalue weighted by molar-refractivity contribution is 5.60. The molecule has 0 amide bonds. The third-order valence-corrected chi connectivity index (χ3v) is 2.50. The molecule has 0 aliphatic rings. The number of hydrogen-bond donors (Lipinski definition) is 2. The largest absolute Gasteiger partial charge is 0.356 e. The lowest BCUT2D eigenvalue weighted by Crippen LogP contribution is -1.97. The van der Waals surface area contributed by atoms with Crippen LogP contribution in [0, 0.1) is 6.92 Å². The molecule has 2 aromatic carbocycles. The molecule has 0 spiro atoms. The number of aryl methyl sites for hydroxylation is 1. The van der Waals surface area contributed by atoms with E-state index in [1.165, 1.54) is 5.56 Å². The number of rotatable bonds is 3. The van der Waals surface area contributed by atoms with Gasteiger partial charge in [0.1, 0.15) is 0 Å². The molecule has 0 bridgehead atoms. The zero-order valence-corrected chi connectivity index (χ0v) is 9.40. The fraction of sp³-hybridized carbons (Fsp3) is 0.143. The van der Waals surface area contributed by atoms with Gasteiger partial charge in [-0.2, -0.15) is 0 Å². The van der Waals surface area contributed by atoms with E-state index in [1.54, 1.807) is 0 Å². The molecule has 0 radical (unpaired) electrons. The van der Waals surface area contributed by atoms with Crippen molar-refractivity contribution in [2.45, 2.75) is 13.5 Å². The molecule has 2 heteroatoms.